The molecule has 0 radical (unpaired) electrons. The van der Waals surface area contributed by atoms with Crippen molar-refractivity contribution in [1.82, 2.24) is 15.0 Å². The minimum Gasteiger partial charge on any atom is -0.220 e. The van der Waals surface area contributed by atoms with Crippen LogP contribution in [0.5, 0.6) is 0 Å². The Morgan fingerprint density at radius 2 is 2.00 bits per heavy atom. The summed E-state index contributed by atoms with van der Waals surface area (Å²) >= 11 is 0. The predicted molar refractivity (Wildman–Crippen MR) is 46.3 cm³/mol. The number of para-hydroxylation sites is 1. The van der Waals surface area contributed by atoms with Gasteiger partial charge in [-0.2, -0.15) is 0 Å². The van der Waals surface area contributed by atoms with Crippen LogP contribution >= 0.6 is 0 Å². The number of benzene rings is 1. The fourth-order valence-electron chi connectivity index (χ4n) is 1.22. The Kier molecular flexibility index (Phi) is 2.22. The molecule has 0 bridgehead atoms. The zero-order valence-electron chi connectivity index (χ0n) is 7.14. The van der Waals surface area contributed by atoms with Gasteiger partial charge < -0.3 is 0 Å². The molecule has 1 aromatic carbocycles. The predicted octanol–water partition coefficient (Wildman–Crippen LogP) is 2.20. The second-order valence-corrected chi connectivity index (χ2v) is 2.71. The van der Waals surface area contributed by atoms with E-state index in [0.717, 1.165) is 0 Å². The summed E-state index contributed by atoms with van der Waals surface area (Å²) in [6.07, 6.45) is 0.471. The van der Waals surface area contributed by atoms with Crippen LogP contribution in [0.15, 0.2) is 36.7 Å². The van der Waals surface area contributed by atoms with Crippen LogP contribution in [-0.2, 0) is 0 Å². The topological polar surface area (TPSA) is 30.7 Å². The molecular formula is C9H7F2N3. The third-order valence-corrected chi connectivity index (χ3v) is 1.84. The lowest BCUT2D eigenvalue weighted by Crippen LogP contribution is -2.00. The van der Waals surface area contributed by atoms with E-state index < -0.39 is 6.43 Å². The summed E-state index contributed by atoms with van der Waals surface area (Å²) in [6, 6.07) is 6.21. The third-order valence-electron chi connectivity index (χ3n) is 1.84. The monoisotopic (exact) mass is 195 g/mol. The van der Waals surface area contributed by atoms with Gasteiger partial charge in [0.15, 0.2) is 0 Å². The standard InChI is InChI=1S/C9H7F2N3/c10-9(11)7-3-1-2-4-8(7)14-6-5-12-13-14/h1-6,9H. The molecule has 0 aliphatic heterocycles. The second kappa shape index (κ2) is 3.53. The van der Waals surface area contributed by atoms with Crippen molar-refractivity contribution in [3.63, 3.8) is 0 Å². The molecule has 0 saturated heterocycles. The molecule has 0 N–H and O–H groups in total. The number of hydrogen-bond donors (Lipinski definition) is 0. The van der Waals surface area contributed by atoms with Gasteiger partial charge >= 0.3 is 0 Å². The summed E-state index contributed by atoms with van der Waals surface area (Å²) < 4.78 is 26.4. The van der Waals surface area contributed by atoms with E-state index in [1.54, 1.807) is 18.2 Å². The molecule has 2 aromatic rings. The molecule has 0 saturated carbocycles. The van der Waals surface area contributed by atoms with Crippen molar-refractivity contribution in [1.29, 1.82) is 0 Å². The average molecular weight is 195 g/mol. The zero-order valence-corrected chi connectivity index (χ0v) is 7.14. The van der Waals surface area contributed by atoms with Gasteiger partial charge in [0.25, 0.3) is 6.43 Å². The highest BCUT2D eigenvalue weighted by atomic mass is 19.3. The van der Waals surface area contributed by atoms with Gasteiger partial charge in [-0.05, 0) is 6.07 Å². The molecule has 72 valence electrons. The van der Waals surface area contributed by atoms with E-state index in [0.29, 0.717) is 5.69 Å². The van der Waals surface area contributed by atoms with E-state index in [9.17, 15) is 8.78 Å². The second-order valence-electron chi connectivity index (χ2n) is 2.71. The molecule has 14 heavy (non-hydrogen) atoms. The molecule has 1 aromatic heterocycles. The SMILES string of the molecule is FC(F)c1ccccc1-n1ccnn1. The average Bonchev–Trinajstić information content (AvgIpc) is 2.70. The molecule has 0 spiro atoms. The molecular weight excluding hydrogens is 188 g/mol. The van der Waals surface area contributed by atoms with Crippen molar-refractivity contribution in [2.75, 3.05) is 0 Å². The van der Waals surface area contributed by atoms with E-state index in [-0.39, 0.29) is 5.56 Å². The molecule has 0 unspecified atom stereocenters. The smallest absolute Gasteiger partial charge is 0.220 e. The Bertz CT molecular complexity index is 412. The first-order valence-electron chi connectivity index (χ1n) is 4.03. The molecule has 0 amide bonds. The van der Waals surface area contributed by atoms with Crippen LogP contribution in [-0.4, -0.2) is 15.0 Å². The fourth-order valence-corrected chi connectivity index (χ4v) is 1.22. The molecule has 0 atom stereocenters. The van der Waals surface area contributed by atoms with E-state index >= 15 is 0 Å². The van der Waals surface area contributed by atoms with Crippen LogP contribution in [0.3, 0.4) is 0 Å². The minimum atomic E-state index is -2.50. The first-order chi connectivity index (χ1) is 6.79. The summed E-state index contributed by atoms with van der Waals surface area (Å²) in [6.45, 7) is 0. The van der Waals surface area contributed by atoms with Crippen LogP contribution in [0.25, 0.3) is 5.69 Å². The van der Waals surface area contributed by atoms with Gasteiger partial charge in [-0.1, -0.05) is 23.4 Å². The van der Waals surface area contributed by atoms with Gasteiger partial charge in [-0.15, -0.1) is 5.10 Å². The molecule has 0 aliphatic carbocycles. The lowest BCUT2D eigenvalue weighted by atomic mass is 10.2. The van der Waals surface area contributed by atoms with E-state index in [1.807, 2.05) is 0 Å². The van der Waals surface area contributed by atoms with E-state index in [1.165, 1.54) is 23.1 Å². The highest BCUT2D eigenvalue weighted by Gasteiger charge is 2.13. The maximum atomic E-state index is 12.6. The first-order valence-corrected chi connectivity index (χ1v) is 4.03. The van der Waals surface area contributed by atoms with Crippen LogP contribution in [0.2, 0.25) is 0 Å². The minimum absolute atomic E-state index is 0.0435. The number of halogens is 2. The van der Waals surface area contributed by atoms with Crippen molar-refractivity contribution in [2.24, 2.45) is 0 Å². The van der Waals surface area contributed by atoms with Crippen LogP contribution in [0, 0.1) is 0 Å². The van der Waals surface area contributed by atoms with Crippen molar-refractivity contribution in [3.8, 4) is 5.69 Å². The van der Waals surface area contributed by atoms with Crippen LogP contribution in [0.1, 0.15) is 12.0 Å². The Morgan fingerprint density at radius 1 is 1.21 bits per heavy atom. The maximum absolute atomic E-state index is 12.6. The normalized spacial score (nSPS) is 10.8. The zero-order chi connectivity index (χ0) is 9.97. The molecule has 0 fully saturated rings. The van der Waals surface area contributed by atoms with Crippen molar-refractivity contribution >= 4 is 0 Å². The van der Waals surface area contributed by atoms with E-state index in [2.05, 4.69) is 10.3 Å². The summed E-state index contributed by atoms with van der Waals surface area (Å²) in [5, 5.41) is 7.23. The lowest BCUT2D eigenvalue weighted by Gasteiger charge is -2.06. The summed E-state index contributed by atoms with van der Waals surface area (Å²) in [5.41, 5.74) is 0.318. The molecule has 3 nitrogen and oxygen atoms in total. The highest BCUT2D eigenvalue weighted by Crippen LogP contribution is 2.24. The van der Waals surface area contributed by atoms with Crippen molar-refractivity contribution < 1.29 is 8.78 Å². The van der Waals surface area contributed by atoms with Crippen molar-refractivity contribution in [2.45, 2.75) is 6.43 Å². The van der Waals surface area contributed by atoms with Gasteiger partial charge in [-0.3, -0.25) is 0 Å². The fraction of sp³-hybridized carbons (Fsp3) is 0.111. The van der Waals surface area contributed by atoms with Gasteiger partial charge in [-0.25, -0.2) is 13.5 Å². The van der Waals surface area contributed by atoms with Gasteiger partial charge in [0, 0.05) is 5.56 Å². The molecule has 0 aliphatic rings. The van der Waals surface area contributed by atoms with Crippen LogP contribution < -0.4 is 0 Å². The lowest BCUT2D eigenvalue weighted by molar-refractivity contribution is 0.151. The Balaban J connectivity index is 2.53. The first kappa shape index (κ1) is 8.80. The largest absolute Gasteiger partial charge is 0.265 e. The Labute approximate surface area is 79.0 Å². The quantitative estimate of drug-likeness (QED) is 0.735. The maximum Gasteiger partial charge on any atom is 0.265 e. The van der Waals surface area contributed by atoms with Crippen LogP contribution in [0.4, 0.5) is 8.78 Å². The number of aromatic nitrogens is 3. The number of rotatable bonds is 2. The third kappa shape index (κ3) is 1.48. The number of alkyl halides is 2. The van der Waals surface area contributed by atoms with Gasteiger partial charge in [0.2, 0.25) is 0 Å². The Hall–Kier alpha value is -1.78. The van der Waals surface area contributed by atoms with E-state index in [4.69, 9.17) is 0 Å². The summed E-state index contributed by atoms with van der Waals surface area (Å²) in [7, 11) is 0. The molecule has 1 heterocycles. The van der Waals surface area contributed by atoms with Gasteiger partial charge in [0.1, 0.15) is 0 Å². The number of nitrogens with zero attached hydrogens (tertiary/aromatic N) is 3. The molecule has 5 heteroatoms. The van der Waals surface area contributed by atoms with Gasteiger partial charge in [0.05, 0.1) is 18.1 Å². The Morgan fingerprint density at radius 3 is 2.64 bits per heavy atom. The molecule has 2 rings (SSSR count). The summed E-state index contributed by atoms with van der Waals surface area (Å²) in [4.78, 5) is 0. The number of hydrogen-bond acceptors (Lipinski definition) is 2. The van der Waals surface area contributed by atoms with Crippen molar-refractivity contribution in [3.05, 3.63) is 42.2 Å². The summed E-state index contributed by atoms with van der Waals surface area (Å²) in [5.74, 6) is 0. The highest BCUT2D eigenvalue weighted by molar-refractivity contribution is 5.40.